The fraction of sp³-hybridized carbons (Fsp3) is 0.500. The number of amides is 2. The minimum Gasteiger partial charge on any atom is -0.368 e. The molecular weight excluding hydrogens is 268 g/mol. The van der Waals surface area contributed by atoms with Crippen molar-refractivity contribution in [2.45, 2.75) is 38.7 Å². The third-order valence-electron chi connectivity index (χ3n) is 3.43. The minimum absolute atomic E-state index is 0.114. The Balaban J connectivity index is 1.93. The number of hydrogen-bond donors (Lipinski definition) is 2. The van der Waals surface area contributed by atoms with Gasteiger partial charge in [0.15, 0.2) is 0 Å². The molecule has 1 aliphatic rings. The van der Waals surface area contributed by atoms with Crippen LogP contribution >= 0.6 is 0 Å². The smallest absolute Gasteiger partial charge is 0.253 e. The average molecular weight is 290 g/mol. The van der Waals surface area contributed by atoms with E-state index in [9.17, 15) is 9.59 Å². The third kappa shape index (κ3) is 4.56. The van der Waals surface area contributed by atoms with E-state index in [1.54, 1.807) is 24.3 Å². The number of unbranched alkanes of at least 4 members (excludes halogenated alkanes) is 1. The molecule has 0 aliphatic carbocycles. The monoisotopic (exact) mass is 290 g/mol. The number of carbonyl (C=O) groups excluding carboxylic acids is 2. The molecule has 1 aromatic carbocycles. The Morgan fingerprint density at radius 2 is 2.24 bits per heavy atom. The van der Waals surface area contributed by atoms with Crippen LogP contribution in [0.15, 0.2) is 24.3 Å². The van der Waals surface area contributed by atoms with Gasteiger partial charge in [-0.05, 0) is 37.5 Å². The van der Waals surface area contributed by atoms with Gasteiger partial charge in [0.1, 0.15) is 6.10 Å². The quantitative estimate of drug-likeness (QED) is 0.790. The van der Waals surface area contributed by atoms with Crippen molar-refractivity contribution in [3.8, 4) is 0 Å². The zero-order valence-corrected chi connectivity index (χ0v) is 12.4. The highest BCUT2D eigenvalue weighted by atomic mass is 16.5. The van der Waals surface area contributed by atoms with Gasteiger partial charge in [-0.25, -0.2) is 0 Å². The van der Waals surface area contributed by atoms with Crippen molar-refractivity contribution in [3.63, 3.8) is 0 Å². The number of ether oxygens (including phenoxy) is 1. The summed E-state index contributed by atoms with van der Waals surface area (Å²) in [4.78, 5) is 23.9. The van der Waals surface area contributed by atoms with Crippen molar-refractivity contribution in [2.24, 2.45) is 0 Å². The molecule has 2 amide bonds. The van der Waals surface area contributed by atoms with Crippen molar-refractivity contribution in [1.82, 2.24) is 5.32 Å². The SMILES string of the molecule is CCCCNC(=O)c1cccc(NC(=O)[C@@H]2CCCO2)c1. The van der Waals surface area contributed by atoms with Gasteiger partial charge < -0.3 is 15.4 Å². The zero-order valence-electron chi connectivity index (χ0n) is 12.4. The molecule has 1 fully saturated rings. The first kappa shape index (κ1) is 15.5. The number of anilines is 1. The lowest BCUT2D eigenvalue weighted by Crippen LogP contribution is -2.27. The van der Waals surface area contributed by atoms with E-state index in [-0.39, 0.29) is 17.9 Å². The highest BCUT2D eigenvalue weighted by Gasteiger charge is 2.23. The van der Waals surface area contributed by atoms with E-state index in [1.165, 1.54) is 0 Å². The Morgan fingerprint density at radius 3 is 2.95 bits per heavy atom. The molecule has 0 radical (unpaired) electrons. The molecule has 0 spiro atoms. The first-order valence-corrected chi connectivity index (χ1v) is 7.51. The van der Waals surface area contributed by atoms with E-state index in [0.29, 0.717) is 24.4 Å². The van der Waals surface area contributed by atoms with Crippen LogP contribution in [0.1, 0.15) is 43.0 Å². The Hall–Kier alpha value is -1.88. The molecule has 114 valence electrons. The molecule has 5 heteroatoms. The molecule has 0 saturated carbocycles. The second kappa shape index (κ2) is 7.78. The van der Waals surface area contributed by atoms with E-state index < -0.39 is 0 Å². The number of hydrogen-bond acceptors (Lipinski definition) is 3. The van der Waals surface area contributed by atoms with Crippen LogP contribution in [-0.2, 0) is 9.53 Å². The Labute approximate surface area is 125 Å². The number of rotatable bonds is 6. The highest BCUT2D eigenvalue weighted by molar-refractivity contribution is 5.98. The summed E-state index contributed by atoms with van der Waals surface area (Å²) in [5.74, 6) is -0.257. The molecule has 2 N–H and O–H groups in total. The maximum Gasteiger partial charge on any atom is 0.253 e. The van der Waals surface area contributed by atoms with E-state index in [1.807, 2.05) is 0 Å². The van der Waals surface area contributed by atoms with Crippen LogP contribution in [0, 0.1) is 0 Å². The minimum atomic E-state index is -0.368. The summed E-state index contributed by atoms with van der Waals surface area (Å²) in [5, 5.41) is 5.66. The van der Waals surface area contributed by atoms with Gasteiger partial charge in [0.05, 0.1) is 0 Å². The molecule has 1 aromatic rings. The third-order valence-corrected chi connectivity index (χ3v) is 3.43. The molecular formula is C16H22N2O3. The average Bonchev–Trinajstić information content (AvgIpc) is 3.02. The summed E-state index contributed by atoms with van der Waals surface area (Å²) >= 11 is 0. The van der Waals surface area contributed by atoms with Crippen molar-refractivity contribution < 1.29 is 14.3 Å². The fourth-order valence-electron chi connectivity index (χ4n) is 2.23. The first-order valence-electron chi connectivity index (χ1n) is 7.51. The van der Waals surface area contributed by atoms with Gasteiger partial charge in [0, 0.05) is 24.4 Å². The maximum absolute atomic E-state index is 12.0. The van der Waals surface area contributed by atoms with Crippen molar-refractivity contribution in [2.75, 3.05) is 18.5 Å². The molecule has 0 unspecified atom stereocenters. The summed E-state index contributed by atoms with van der Waals surface area (Å²) < 4.78 is 5.34. The lowest BCUT2D eigenvalue weighted by Gasteiger charge is -2.11. The Morgan fingerprint density at radius 1 is 1.38 bits per heavy atom. The van der Waals surface area contributed by atoms with E-state index >= 15 is 0 Å². The Kier molecular flexibility index (Phi) is 5.75. The van der Waals surface area contributed by atoms with Gasteiger partial charge >= 0.3 is 0 Å². The molecule has 2 rings (SSSR count). The van der Waals surface area contributed by atoms with Gasteiger partial charge in [0.2, 0.25) is 0 Å². The second-order valence-corrected chi connectivity index (χ2v) is 5.18. The molecule has 1 aliphatic heterocycles. The molecule has 1 atom stereocenters. The van der Waals surface area contributed by atoms with Crippen LogP contribution in [0.25, 0.3) is 0 Å². The number of benzene rings is 1. The second-order valence-electron chi connectivity index (χ2n) is 5.18. The van der Waals surface area contributed by atoms with Gasteiger partial charge in [-0.3, -0.25) is 9.59 Å². The summed E-state index contributed by atoms with van der Waals surface area (Å²) in [6, 6.07) is 6.96. The van der Waals surface area contributed by atoms with E-state index in [0.717, 1.165) is 25.7 Å². The molecule has 1 saturated heterocycles. The highest BCUT2D eigenvalue weighted by Crippen LogP contribution is 2.16. The van der Waals surface area contributed by atoms with Crippen LogP contribution in [0.5, 0.6) is 0 Å². The van der Waals surface area contributed by atoms with Gasteiger partial charge in [-0.1, -0.05) is 19.4 Å². The maximum atomic E-state index is 12.0. The predicted molar refractivity (Wildman–Crippen MR) is 81.3 cm³/mol. The molecule has 5 nitrogen and oxygen atoms in total. The van der Waals surface area contributed by atoms with Crippen LogP contribution in [0.3, 0.4) is 0 Å². The molecule has 1 heterocycles. The number of carbonyl (C=O) groups is 2. The summed E-state index contributed by atoms with van der Waals surface area (Å²) in [6.07, 6.45) is 3.30. The van der Waals surface area contributed by atoms with E-state index in [2.05, 4.69) is 17.6 Å². The lowest BCUT2D eigenvalue weighted by atomic mass is 10.1. The zero-order chi connectivity index (χ0) is 15.1. The van der Waals surface area contributed by atoms with Crippen LogP contribution in [-0.4, -0.2) is 31.1 Å². The standard InChI is InChI=1S/C16H22N2O3/c1-2-3-9-17-15(19)12-6-4-7-13(11-12)18-16(20)14-8-5-10-21-14/h4,6-7,11,14H,2-3,5,8-10H2,1H3,(H,17,19)(H,18,20)/t14-/m0/s1. The normalized spacial score (nSPS) is 17.5. The summed E-state index contributed by atoms with van der Waals surface area (Å²) in [5.41, 5.74) is 1.18. The van der Waals surface area contributed by atoms with Gasteiger partial charge in [-0.2, -0.15) is 0 Å². The van der Waals surface area contributed by atoms with Crippen LogP contribution in [0.2, 0.25) is 0 Å². The van der Waals surface area contributed by atoms with Gasteiger partial charge in [0.25, 0.3) is 11.8 Å². The first-order chi connectivity index (χ1) is 10.2. The molecule has 21 heavy (non-hydrogen) atoms. The molecule has 0 bridgehead atoms. The largest absolute Gasteiger partial charge is 0.368 e. The van der Waals surface area contributed by atoms with Gasteiger partial charge in [-0.15, -0.1) is 0 Å². The fourth-order valence-corrected chi connectivity index (χ4v) is 2.23. The summed E-state index contributed by atoms with van der Waals surface area (Å²) in [7, 11) is 0. The van der Waals surface area contributed by atoms with Crippen molar-refractivity contribution >= 4 is 17.5 Å². The number of nitrogens with one attached hydrogen (secondary N) is 2. The predicted octanol–water partition coefficient (Wildman–Crippen LogP) is 2.33. The van der Waals surface area contributed by atoms with Crippen LogP contribution in [0.4, 0.5) is 5.69 Å². The van der Waals surface area contributed by atoms with Crippen molar-refractivity contribution in [1.29, 1.82) is 0 Å². The van der Waals surface area contributed by atoms with Crippen LogP contribution < -0.4 is 10.6 Å². The summed E-state index contributed by atoms with van der Waals surface area (Å²) in [6.45, 7) is 3.38. The molecule has 0 aromatic heterocycles. The lowest BCUT2D eigenvalue weighted by molar-refractivity contribution is -0.124. The van der Waals surface area contributed by atoms with Crippen molar-refractivity contribution in [3.05, 3.63) is 29.8 Å². The van der Waals surface area contributed by atoms with E-state index in [4.69, 9.17) is 4.74 Å². The Bertz CT molecular complexity index is 496. The topological polar surface area (TPSA) is 67.4 Å².